The van der Waals surface area contributed by atoms with Crippen LogP contribution in [-0.4, -0.2) is 21.3 Å². The number of aromatic nitrogens is 3. The minimum atomic E-state index is -4.43. The number of alkyl halides is 3. The molecule has 0 spiro atoms. The molecule has 2 atom stereocenters. The van der Waals surface area contributed by atoms with E-state index < -0.39 is 12.0 Å². The summed E-state index contributed by atoms with van der Waals surface area (Å²) in [6.07, 6.45) is -4.43. The highest BCUT2D eigenvalue weighted by atomic mass is 19.4. The van der Waals surface area contributed by atoms with Crippen LogP contribution >= 0.6 is 0 Å². The lowest BCUT2D eigenvalue weighted by Gasteiger charge is -2.28. The molecule has 84 valence electrons. The molecule has 7 heteroatoms. The molecule has 1 aromatic rings. The second-order valence-electron chi connectivity index (χ2n) is 3.73. The Morgan fingerprint density at radius 1 is 1.33 bits per heavy atom. The van der Waals surface area contributed by atoms with Crippen LogP contribution in [0.2, 0.25) is 0 Å². The first-order valence-corrected chi connectivity index (χ1v) is 4.66. The van der Waals surface area contributed by atoms with Crippen molar-refractivity contribution in [3.8, 4) is 0 Å². The van der Waals surface area contributed by atoms with Crippen molar-refractivity contribution in [3.05, 3.63) is 11.6 Å². The Bertz CT molecular complexity index is 370. The lowest BCUT2D eigenvalue weighted by Crippen LogP contribution is -2.36. The lowest BCUT2D eigenvalue weighted by atomic mass is 10.2. The summed E-state index contributed by atoms with van der Waals surface area (Å²) < 4.78 is 38.9. The van der Waals surface area contributed by atoms with Crippen LogP contribution in [0.3, 0.4) is 0 Å². The Kier molecular flexibility index (Phi) is 2.22. The van der Waals surface area contributed by atoms with E-state index in [0.717, 1.165) is 0 Å². The first kappa shape index (κ1) is 10.4. The Hall–Kier alpha value is -1.11. The molecule has 0 aliphatic carbocycles. The van der Waals surface area contributed by atoms with E-state index in [1.807, 2.05) is 0 Å². The predicted octanol–water partition coefficient (Wildman–Crippen LogP) is 1.52. The van der Waals surface area contributed by atoms with E-state index in [9.17, 15) is 13.2 Å². The zero-order valence-electron chi connectivity index (χ0n) is 8.34. The largest absolute Gasteiger partial charge is 0.451 e. The van der Waals surface area contributed by atoms with Crippen molar-refractivity contribution in [1.82, 2.24) is 20.1 Å². The SMILES string of the molecule is C[C@H]1NC[C@H](C)n2c1nnc2C(F)(F)F. The lowest BCUT2D eigenvalue weighted by molar-refractivity contribution is -0.148. The van der Waals surface area contributed by atoms with E-state index >= 15 is 0 Å². The van der Waals surface area contributed by atoms with E-state index in [-0.39, 0.29) is 12.1 Å². The molecule has 0 radical (unpaired) electrons. The van der Waals surface area contributed by atoms with Gasteiger partial charge in [-0.2, -0.15) is 13.2 Å². The minimum absolute atomic E-state index is 0.190. The summed E-state index contributed by atoms with van der Waals surface area (Å²) >= 11 is 0. The van der Waals surface area contributed by atoms with Gasteiger partial charge in [-0.15, -0.1) is 10.2 Å². The van der Waals surface area contributed by atoms with Gasteiger partial charge in [0.25, 0.3) is 0 Å². The fourth-order valence-corrected chi connectivity index (χ4v) is 1.76. The van der Waals surface area contributed by atoms with E-state index in [1.54, 1.807) is 13.8 Å². The van der Waals surface area contributed by atoms with E-state index in [0.29, 0.717) is 12.4 Å². The molecule has 1 aliphatic rings. The zero-order valence-corrected chi connectivity index (χ0v) is 8.34. The molecule has 0 saturated heterocycles. The van der Waals surface area contributed by atoms with Gasteiger partial charge in [0.15, 0.2) is 0 Å². The highest BCUT2D eigenvalue weighted by Crippen LogP contribution is 2.32. The number of nitrogens with zero attached hydrogens (tertiary/aromatic N) is 3. The van der Waals surface area contributed by atoms with Crippen LogP contribution in [0.15, 0.2) is 0 Å². The summed E-state index contributed by atoms with van der Waals surface area (Å²) in [6, 6.07) is -0.465. The smallest absolute Gasteiger partial charge is 0.305 e. The predicted molar refractivity (Wildman–Crippen MR) is 46.2 cm³/mol. The molecule has 0 unspecified atom stereocenters. The third-order valence-electron chi connectivity index (χ3n) is 2.52. The molecule has 4 nitrogen and oxygen atoms in total. The molecule has 0 bridgehead atoms. The van der Waals surface area contributed by atoms with Crippen molar-refractivity contribution in [2.75, 3.05) is 6.54 Å². The molecule has 2 heterocycles. The van der Waals surface area contributed by atoms with Crippen LogP contribution < -0.4 is 5.32 Å². The van der Waals surface area contributed by atoms with Crippen LogP contribution in [0.4, 0.5) is 13.2 Å². The summed E-state index contributed by atoms with van der Waals surface area (Å²) in [5.41, 5.74) is 0. The fourth-order valence-electron chi connectivity index (χ4n) is 1.76. The Balaban J connectivity index is 2.53. The number of fused-ring (bicyclic) bond motifs is 1. The minimum Gasteiger partial charge on any atom is -0.305 e. The van der Waals surface area contributed by atoms with Crippen LogP contribution in [0.5, 0.6) is 0 Å². The number of rotatable bonds is 0. The van der Waals surface area contributed by atoms with Gasteiger partial charge in [0, 0.05) is 12.6 Å². The average Bonchev–Trinajstić information content (AvgIpc) is 2.55. The molecule has 1 aromatic heterocycles. The topological polar surface area (TPSA) is 42.7 Å². The first-order valence-electron chi connectivity index (χ1n) is 4.66. The maximum Gasteiger partial charge on any atom is 0.451 e. The van der Waals surface area contributed by atoms with Gasteiger partial charge in [0.05, 0.1) is 6.04 Å². The van der Waals surface area contributed by atoms with Crippen molar-refractivity contribution in [1.29, 1.82) is 0 Å². The van der Waals surface area contributed by atoms with Crippen molar-refractivity contribution < 1.29 is 13.2 Å². The van der Waals surface area contributed by atoms with Gasteiger partial charge < -0.3 is 9.88 Å². The summed E-state index contributed by atoms with van der Waals surface area (Å²) in [7, 11) is 0. The second kappa shape index (κ2) is 3.19. The molecule has 0 aromatic carbocycles. The number of hydrogen-bond acceptors (Lipinski definition) is 3. The van der Waals surface area contributed by atoms with Crippen molar-refractivity contribution in [2.24, 2.45) is 0 Å². The van der Waals surface area contributed by atoms with Crippen molar-refractivity contribution in [3.63, 3.8) is 0 Å². The van der Waals surface area contributed by atoms with Crippen LogP contribution in [0.25, 0.3) is 0 Å². The molecular weight excluding hydrogens is 209 g/mol. The van der Waals surface area contributed by atoms with E-state index in [2.05, 4.69) is 15.5 Å². The van der Waals surface area contributed by atoms with Crippen molar-refractivity contribution in [2.45, 2.75) is 32.1 Å². The molecule has 0 saturated carbocycles. The molecule has 2 rings (SSSR count). The van der Waals surface area contributed by atoms with Gasteiger partial charge in [-0.05, 0) is 13.8 Å². The van der Waals surface area contributed by atoms with Crippen LogP contribution in [0.1, 0.15) is 37.6 Å². The Morgan fingerprint density at radius 3 is 2.60 bits per heavy atom. The first-order chi connectivity index (χ1) is 6.91. The molecule has 15 heavy (non-hydrogen) atoms. The van der Waals surface area contributed by atoms with E-state index in [4.69, 9.17) is 0 Å². The number of nitrogens with one attached hydrogen (secondary N) is 1. The fraction of sp³-hybridized carbons (Fsp3) is 0.750. The third kappa shape index (κ3) is 1.60. The Morgan fingerprint density at radius 2 is 2.00 bits per heavy atom. The van der Waals surface area contributed by atoms with Crippen LogP contribution in [0, 0.1) is 0 Å². The maximum absolute atomic E-state index is 12.6. The second-order valence-corrected chi connectivity index (χ2v) is 3.73. The van der Waals surface area contributed by atoms with Gasteiger partial charge in [0.1, 0.15) is 5.82 Å². The molecule has 0 amide bonds. The molecule has 1 aliphatic heterocycles. The van der Waals surface area contributed by atoms with Gasteiger partial charge in [-0.3, -0.25) is 0 Å². The van der Waals surface area contributed by atoms with Crippen LogP contribution in [-0.2, 0) is 6.18 Å². The highest BCUT2D eigenvalue weighted by Gasteiger charge is 2.41. The molecule has 0 fully saturated rings. The summed E-state index contributed by atoms with van der Waals surface area (Å²) in [5.74, 6) is -0.556. The average molecular weight is 220 g/mol. The number of hydrogen-bond donors (Lipinski definition) is 1. The van der Waals surface area contributed by atoms with Crippen molar-refractivity contribution >= 4 is 0 Å². The quantitative estimate of drug-likeness (QED) is 0.720. The zero-order chi connectivity index (χ0) is 11.2. The summed E-state index contributed by atoms with van der Waals surface area (Å²) in [6.45, 7) is 3.98. The normalized spacial score (nSPS) is 26.5. The van der Waals surface area contributed by atoms with E-state index in [1.165, 1.54) is 4.57 Å². The Labute approximate surface area is 84.5 Å². The maximum atomic E-state index is 12.6. The number of halogens is 3. The van der Waals surface area contributed by atoms with Gasteiger partial charge in [-0.1, -0.05) is 0 Å². The molecule has 1 N–H and O–H groups in total. The summed E-state index contributed by atoms with van der Waals surface area (Å²) in [5, 5.41) is 9.86. The summed E-state index contributed by atoms with van der Waals surface area (Å²) in [4.78, 5) is 0. The standard InChI is InChI=1S/C8H11F3N4/c1-4-3-12-5(2)6-13-14-7(15(4)6)8(9,10)11/h4-5,12H,3H2,1-2H3/t4-,5+/m0/s1. The monoisotopic (exact) mass is 220 g/mol. The van der Waals surface area contributed by atoms with Gasteiger partial charge in [-0.25, -0.2) is 0 Å². The highest BCUT2D eigenvalue weighted by molar-refractivity contribution is 5.08. The third-order valence-corrected chi connectivity index (χ3v) is 2.52. The van der Waals surface area contributed by atoms with Gasteiger partial charge in [0.2, 0.25) is 5.82 Å². The molecular formula is C8H11F3N4. The van der Waals surface area contributed by atoms with Gasteiger partial charge >= 0.3 is 6.18 Å².